The van der Waals surface area contributed by atoms with Gasteiger partial charge in [-0.3, -0.25) is 4.68 Å². The van der Waals surface area contributed by atoms with Crippen molar-refractivity contribution in [3.8, 4) is 17.1 Å². The average Bonchev–Trinajstić information content (AvgIpc) is 2.68. The Hall–Kier alpha value is -1.50. The Balaban J connectivity index is 2.29. The van der Waals surface area contributed by atoms with Crippen molar-refractivity contribution in [1.29, 1.82) is 0 Å². The standard InChI is InChI=1S/C12H10BrF3N2O/c1-18-10(6-11(17-18)19-12(14,15)16)9-4-2-8(7-13)3-5-9/h2-6H,7H2,1H3. The van der Waals surface area contributed by atoms with Gasteiger partial charge >= 0.3 is 6.36 Å². The summed E-state index contributed by atoms with van der Waals surface area (Å²) in [5.41, 5.74) is 2.41. The van der Waals surface area contributed by atoms with E-state index in [9.17, 15) is 13.2 Å². The normalized spacial score (nSPS) is 11.6. The molecule has 0 N–H and O–H groups in total. The monoisotopic (exact) mass is 334 g/mol. The van der Waals surface area contributed by atoms with E-state index < -0.39 is 12.2 Å². The summed E-state index contributed by atoms with van der Waals surface area (Å²) in [5, 5.41) is 4.40. The van der Waals surface area contributed by atoms with E-state index in [1.54, 1.807) is 7.05 Å². The second-order valence-corrected chi connectivity index (χ2v) is 4.43. The van der Waals surface area contributed by atoms with Crippen molar-refractivity contribution in [2.24, 2.45) is 7.05 Å². The lowest BCUT2D eigenvalue weighted by Gasteiger charge is -2.03. The topological polar surface area (TPSA) is 27.1 Å². The van der Waals surface area contributed by atoms with Crippen LogP contribution in [-0.2, 0) is 12.4 Å². The number of benzene rings is 1. The molecule has 0 saturated carbocycles. The number of ether oxygens (including phenoxy) is 1. The van der Waals surface area contributed by atoms with E-state index in [-0.39, 0.29) is 0 Å². The van der Waals surface area contributed by atoms with Crippen LogP contribution in [-0.4, -0.2) is 16.1 Å². The minimum atomic E-state index is -4.73. The minimum Gasteiger partial charge on any atom is -0.386 e. The molecule has 0 fully saturated rings. The first-order valence-electron chi connectivity index (χ1n) is 5.34. The van der Waals surface area contributed by atoms with Crippen molar-refractivity contribution in [3.63, 3.8) is 0 Å². The second kappa shape index (κ2) is 5.24. The fourth-order valence-electron chi connectivity index (χ4n) is 1.64. The van der Waals surface area contributed by atoms with Crippen molar-refractivity contribution in [2.75, 3.05) is 0 Å². The molecule has 2 rings (SSSR count). The molecule has 1 aromatic carbocycles. The fourth-order valence-corrected chi connectivity index (χ4v) is 2.02. The first kappa shape index (κ1) is 13.9. The average molecular weight is 335 g/mol. The summed E-state index contributed by atoms with van der Waals surface area (Å²) in [5.74, 6) is -0.463. The van der Waals surface area contributed by atoms with Gasteiger partial charge in [-0.25, -0.2) is 0 Å². The Labute approximate surface area is 116 Å². The Bertz CT molecular complexity index is 563. The van der Waals surface area contributed by atoms with Crippen LogP contribution in [0.25, 0.3) is 11.3 Å². The maximum absolute atomic E-state index is 12.1. The number of hydrogen-bond donors (Lipinski definition) is 0. The van der Waals surface area contributed by atoms with Gasteiger partial charge in [-0.15, -0.1) is 18.3 Å². The number of hydrogen-bond acceptors (Lipinski definition) is 2. The lowest BCUT2D eigenvalue weighted by atomic mass is 10.1. The van der Waals surface area contributed by atoms with Gasteiger partial charge in [-0.1, -0.05) is 40.2 Å². The molecule has 0 bridgehead atoms. The van der Waals surface area contributed by atoms with Gasteiger partial charge in [0.15, 0.2) is 0 Å². The molecule has 0 radical (unpaired) electrons. The highest BCUT2D eigenvalue weighted by molar-refractivity contribution is 9.08. The van der Waals surface area contributed by atoms with Gasteiger partial charge in [0, 0.05) is 18.4 Å². The van der Waals surface area contributed by atoms with Gasteiger partial charge in [-0.05, 0) is 11.1 Å². The summed E-state index contributed by atoms with van der Waals surface area (Å²) >= 11 is 3.33. The van der Waals surface area contributed by atoms with Crippen LogP contribution in [0, 0.1) is 0 Å². The summed E-state index contributed by atoms with van der Waals surface area (Å²) in [7, 11) is 1.57. The summed E-state index contributed by atoms with van der Waals surface area (Å²) in [4.78, 5) is 0. The van der Waals surface area contributed by atoms with Gasteiger partial charge in [0.05, 0.1) is 5.69 Å². The van der Waals surface area contributed by atoms with Gasteiger partial charge in [0.2, 0.25) is 5.88 Å². The van der Waals surface area contributed by atoms with Crippen LogP contribution >= 0.6 is 15.9 Å². The first-order chi connectivity index (χ1) is 8.89. The van der Waals surface area contributed by atoms with Crippen molar-refractivity contribution in [1.82, 2.24) is 9.78 Å². The number of alkyl halides is 4. The van der Waals surface area contributed by atoms with Crippen LogP contribution < -0.4 is 4.74 Å². The Morgan fingerprint density at radius 2 is 1.89 bits per heavy atom. The zero-order valence-corrected chi connectivity index (χ0v) is 11.5. The van der Waals surface area contributed by atoms with Crippen LogP contribution in [0.4, 0.5) is 13.2 Å². The molecule has 19 heavy (non-hydrogen) atoms. The van der Waals surface area contributed by atoms with Crippen LogP contribution in [0.5, 0.6) is 5.88 Å². The molecular weight excluding hydrogens is 325 g/mol. The van der Waals surface area contributed by atoms with Gasteiger partial charge in [0.25, 0.3) is 0 Å². The van der Waals surface area contributed by atoms with Crippen LogP contribution in [0.2, 0.25) is 0 Å². The molecule has 1 aromatic heterocycles. The maximum atomic E-state index is 12.1. The summed E-state index contributed by atoms with van der Waals surface area (Å²) in [6.07, 6.45) is -4.73. The van der Waals surface area contributed by atoms with E-state index in [1.165, 1.54) is 10.7 Å². The Morgan fingerprint density at radius 3 is 2.42 bits per heavy atom. The second-order valence-electron chi connectivity index (χ2n) is 3.87. The van der Waals surface area contributed by atoms with Crippen molar-refractivity contribution >= 4 is 15.9 Å². The fraction of sp³-hybridized carbons (Fsp3) is 0.250. The number of aromatic nitrogens is 2. The largest absolute Gasteiger partial charge is 0.574 e. The molecule has 0 aliphatic heterocycles. The van der Waals surface area contributed by atoms with E-state index in [4.69, 9.17) is 0 Å². The molecule has 2 aromatic rings. The third-order valence-electron chi connectivity index (χ3n) is 2.48. The predicted octanol–water partition coefficient (Wildman–Crippen LogP) is 3.88. The van der Waals surface area contributed by atoms with Crippen molar-refractivity contribution < 1.29 is 17.9 Å². The minimum absolute atomic E-state index is 0.463. The van der Waals surface area contributed by atoms with E-state index in [0.717, 1.165) is 16.5 Å². The molecule has 1 heterocycles. The highest BCUT2D eigenvalue weighted by atomic mass is 79.9. The Morgan fingerprint density at radius 1 is 1.26 bits per heavy atom. The number of nitrogens with zero attached hydrogens (tertiary/aromatic N) is 2. The highest BCUT2D eigenvalue weighted by Gasteiger charge is 2.32. The van der Waals surface area contributed by atoms with Gasteiger partial charge in [0.1, 0.15) is 0 Å². The van der Waals surface area contributed by atoms with Crippen molar-refractivity contribution in [3.05, 3.63) is 35.9 Å². The molecule has 0 atom stereocenters. The molecule has 0 aliphatic carbocycles. The van der Waals surface area contributed by atoms with E-state index >= 15 is 0 Å². The maximum Gasteiger partial charge on any atom is 0.574 e. The zero-order valence-electron chi connectivity index (χ0n) is 9.91. The van der Waals surface area contributed by atoms with Gasteiger partial charge in [-0.2, -0.15) is 0 Å². The summed E-state index contributed by atoms with van der Waals surface area (Å²) in [6, 6.07) is 8.69. The van der Waals surface area contributed by atoms with Gasteiger partial charge < -0.3 is 4.74 Å². The summed E-state index contributed by atoms with van der Waals surface area (Å²) in [6.45, 7) is 0. The lowest BCUT2D eigenvalue weighted by Crippen LogP contribution is -2.17. The SMILES string of the molecule is Cn1nc(OC(F)(F)F)cc1-c1ccc(CBr)cc1. The Kier molecular flexibility index (Phi) is 3.84. The molecule has 102 valence electrons. The zero-order chi connectivity index (χ0) is 14.0. The third-order valence-corrected chi connectivity index (χ3v) is 3.13. The molecular formula is C12H10BrF3N2O. The number of halogens is 4. The molecule has 0 spiro atoms. The molecule has 7 heteroatoms. The van der Waals surface area contributed by atoms with E-state index in [2.05, 4.69) is 25.8 Å². The highest BCUT2D eigenvalue weighted by Crippen LogP contribution is 2.27. The van der Waals surface area contributed by atoms with E-state index in [1.807, 2.05) is 24.3 Å². The van der Waals surface area contributed by atoms with Crippen LogP contribution in [0.1, 0.15) is 5.56 Å². The van der Waals surface area contributed by atoms with E-state index in [0.29, 0.717) is 5.69 Å². The predicted molar refractivity (Wildman–Crippen MR) is 68.0 cm³/mol. The van der Waals surface area contributed by atoms with Crippen LogP contribution in [0.15, 0.2) is 30.3 Å². The van der Waals surface area contributed by atoms with Crippen LogP contribution in [0.3, 0.4) is 0 Å². The quantitative estimate of drug-likeness (QED) is 0.796. The summed E-state index contributed by atoms with van der Waals surface area (Å²) < 4.78 is 41.5. The lowest BCUT2D eigenvalue weighted by molar-refractivity contribution is -0.276. The molecule has 3 nitrogen and oxygen atoms in total. The van der Waals surface area contributed by atoms with Crippen molar-refractivity contribution in [2.45, 2.75) is 11.7 Å². The molecule has 0 amide bonds. The molecule has 0 saturated heterocycles. The third kappa shape index (κ3) is 3.50. The number of aryl methyl sites for hydroxylation is 1. The number of rotatable bonds is 3. The molecule has 0 unspecified atom stereocenters. The first-order valence-corrected chi connectivity index (χ1v) is 6.46. The smallest absolute Gasteiger partial charge is 0.386 e. The molecule has 0 aliphatic rings.